The van der Waals surface area contributed by atoms with Crippen LogP contribution in [0.4, 0.5) is 0 Å². The van der Waals surface area contributed by atoms with Gasteiger partial charge in [0.05, 0.1) is 25.3 Å². The van der Waals surface area contributed by atoms with Crippen molar-refractivity contribution in [1.29, 1.82) is 0 Å². The number of aryl methyl sites for hydroxylation is 1. The Kier molecular flexibility index (Phi) is 4.92. The van der Waals surface area contributed by atoms with Crippen molar-refractivity contribution in [3.05, 3.63) is 53.9 Å². The van der Waals surface area contributed by atoms with Gasteiger partial charge in [-0.05, 0) is 12.5 Å². The largest absolute Gasteiger partial charge is 0.367 e. The van der Waals surface area contributed by atoms with E-state index in [1.807, 2.05) is 62.3 Å². The minimum atomic E-state index is -0.543. The maximum Gasteiger partial charge on any atom is 0.227 e. The van der Waals surface area contributed by atoms with Gasteiger partial charge in [-0.1, -0.05) is 37.3 Å². The molecule has 1 amide bonds. The Morgan fingerprint density at radius 2 is 2.08 bits per heavy atom. The van der Waals surface area contributed by atoms with E-state index in [1.54, 1.807) is 10.9 Å². The average Bonchev–Trinajstić information content (AvgIpc) is 3.08. The molecule has 2 aromatic rings. The average molecular weight is 342 g/mol. The van der Waals surface area contributed by atoms with Gasteiger partial charge in [-0.2, -0.15) is 5.10 Å². The van der Waals surface area contributed by atoms with Gasteiger partial charge in [0.2, 0.25) is 5.91 Å². The molecule has 6 nitrogen and oxygen atoms in total. The molecular formula is C19H26N4O2. The third-order valence-corrected chi connectivity index (χ3v) is 5.01. The highest BCUT2D eigenvalue weighted by atomic mass is 16.5. The zero-order valence-electron chi connectivity index (χ0n) is 15.1. The monoisotopic (exact) mass is 342 g/mol. The molecule has 1 fully saturated rings. The van der Waals surface area contributed by atoms with Gasteiger partial charge in [-0.25, -0.2) is 0 Å². The summed E-state index contributed by atoms with van der Waals surface area (Å²) in [6.45, 7) is 5.50. The van der Waals surface area contributed by atoms with Gasteiger partial charge in [-0.15, -0.1) is 0 Å². The van der Waals surface area contributed by atoms with Crippen LogP contribution in [0.15, 0.2) is 42.7 Å². The second-order valence-corrected chi connectivity index (χ2v) is 6.97. The van der Waals surface area contributed by atoms with E-state index in [1.165, 1.54) is 0 Å². The van der Waals surface area contributed by atoms with Crippen LogP contribution in [0.1, 0.15) is 31.0 Å². The molecule has 1 aliphatic heterocycles. The van der Waals surface area contributed by atoms with Crippen LogP contribution in [-0.4, -0.2) is 40.3 Å². The highest BCUT2D eigenvalue weighted by molar-refractivity contribution is 5.79. The van der Waals surface area contributed by atoms with Crippen molar-refractivity contribution in [3.8, 4) is 0 Å². The van der Waals surface area contributed by atoms with Crippen LogP contribution in [0.3, 0.4) is 0 Å². The molecular weight excluding hydrogens is 316 g/mol. The van der Waals surface area contributed by atoms with Crippen LogP contribution < -0.4 is 5.73 Å². The first-order chi connectivity index (χ1) is 11.9. The van der Waals surface area contributed by atoms with Gasteiger partial charge in [0.15, 0.2) is 0 Å². The third kappa shape index (κ3) is 3.60. The van der Waals surface area contributed by atoms with Crippen LogP contribution in [0.2, 0.25) is 0 Å². The lowest BCUT2D eigenvalue weighted by Gasteiger charge is -2.41. The van der Waals surface area contributed by atoms with E-state index in [0.29, 0.717) is 19.7 Å². The zero-order chi connectivity index (χ0) is 18.0. The zero-order valence-corrected chi connectivity index (χ0v) is 15.1. The molecule has 2 N–H and O–H groups in total. The molecule has 0 unspecified atom stereocenters. The van der Waals surface area contributed by atoms with Crippen LogP contribution in [0.25, 0.3) is 0 Å². The summed E-state index contributed by atoms with van der Waals surface area (Å²) in [5, 5.41) is 4.22. The minimum Gasteiger partial charge on any atom is -0.367 e. The van der Waals surface area contributed by atoms with E-state index >= 15 is 0 Å². The predicted molar refractivity (Wildman–Crippen MR) is 95.6 cm³/mol. The molecule has 134 valence electrons. The smallest absolute Gasteiger partial charge is 0.227 e. The van der Waals surface area contributed by atoms with Crippen molar-refractivity contribution in [2.24, 2.45) is 18.7 Å². The Hall–Kier alpha value is -2.18. The lowest BCUT2D eigenvalue weighted by molar-refractivity contribution is -0.153. The van der Waals surface area contributed by atoms with Crippen molar-refractivity contribution >= 4 is 5.91 Å². The fourth-order valence-corrected chi connectivity index (χ4v) is 3.33. The lowest BCUT2D eigenvalue weighted by Crippen LogP contribution is -2.52. The molecule has 1 aliphatic rings. The summed E-state index contributed by atoms with van der Waals surface area (Å²) in [6.07, 6.45) is 3.74. The molecule has 6 heteroatoms. The highest BCUT2D eigenvalue weighted by Gasteiger charge is 2.38. The molecule has 0 aliphatic carbocycles. The number of nitrogens with zero attached hydrogens (tertiary/aromatic N) is 3. The van der Waals surface area contributed by atoms with Crippen molar-refractivity contribution in [2.45, 2.75) is 25.5 Å². The van der Waals surface area contributed by atoms with E-state index in [0.717, 1.165) is 11.1 Å². The molecule has 0 radical (unpaired) electrons. The van der Waals surface area contributed by atoms with Gasteiger partial charge in [-0.3, -0.25) is 9.48 Å². The normalized spacial score (nSPS) is 23.3. The second kappa shape index (κ2) is 6.98. The summed E-state index contributed by atoms with van der Waals surface area (Å²) in [6, 6.07) is 9.45. The Balaban J connectivity index is 1.73. The predicted octanol–water partition coefficient (Wildman–Crippen LogP) is 1.83. The third-order valence-electron chi connectivity index (χ3n) is 5.01. The number of benzene rings is 1. The Morgan fingerprint density at radius 1 is 1.36 bits per heavy atom. The highest BCUT2D eigenvalue weighted by Crippen LogP contribution is 2.31. The van der Waals surface area contributed by atoms with Crippen molar-refractivity contribution in [2.75, 3.05) is 19.7 Å². The Morgan fingerprint density at radius 3 is 2.72 bits per heavy atom. The molecule has 3 atom stereocenters. The fraction of sp³-hybridized carbons (Fsp3) is 0.474. The molecule has 1 aromatic heterocycles. The number of hydrogen-bond acceptors (Lipinski definition) is 4. The summed E-state index contributed by atoms with van der Waals surface area (Å²) in [7, 11) is 1.87. The van der Waals surface area contributed by atoms with Crippen LogP contribution in [-0.2, 0) is 22.2 Å². The summed E-state index contributed by atoms with van der Waals surface area (Å²) in [5.41, 5.74) is 7.75. The lowest BCUT2D eigenvalue weighted by atomic mass is 9.92. The van der Waals surface area contributed by atoms with Gasteiger partial charge in [0.1, 0.15) is 5.60 Å². The van der Waals surface area contributed by atoms with Crippen LogP contribution >= 0.6 is 0 Å². The maximum atomic E-state index is 13.0. The number of rotatable bonds is 4. The molecule has 0 bridgehead atoms. The number of nitrogens with two attached hydrogens (primary N) is 1. The molecule has 1 aromatic carbocycles. The Bertz CT molecular complexity index is 730. The van der Waals surface area contributed by atoms with E-state index in [9.17, 15) is 4.79 Å². The first-order valence-corrected chi connectivity index (χ1v) is 8.63. The van der Waals surface area contributed by atoms with E-state index in [2.05, 4.69) is 5.10 Å². The maximum absolute atomic E-state index is 13.0. The molecule has 1 saturated heterocycles. The van der Waals surface area contributed by atoms with E-state index in [-0.39, 0.29) is 17.9 Å². The molecule has 2 heterocycles. The number of ether oxygens (including phenoxy) is 1. The van der Waals surface area contributed by atoms with Gasteiger partial charge in [0.25, 0.3) is 0 Å². The number of hydrogen-bond donors (Lipinski definition) is 1. The fourth-order valence-electron chi connectivity index (χ4n) is 3.33. The minimum absolute atomic E-state index is 0.0646. The van der Waals surface area contributed by atoms with Gasteiger partial charge < -0.3 is 15.4 Å². The number of carbonyl (C=O) groups is 1. The molecule has 3 rings (SSSR count). The SMILES string of the molecule is C[C@H](C(=O)N1CCO[C@](C)(c2cnn(C)c2)C1)[C@@H](N)c1ccccc1. The first-order valence-electron chi connectivity index (χ1n) is 8.63. The van der Waals surface area contributed by atoms with Crippen LogP contribution in [0, 0.1) is 5.92 Å². The molecule has 0 spiro atoms. The number of morpholine rings is 1. The second-order valence-electron chi connectivity index (χ2n) is 6.97. The first kappa shape index (κ1) is 17.6. The Labute approximate surface area is 148 Å². The molecule has 0 saturated carbocycles. The van der Waals surface area contributed by atoms with Crippen molar-refractivity contribution in [3.63, 3.8) is 0 Å². The van der Waals surface area contributed by atoms with Gasteiger partial charge >= 0.3 is 0 Å². The van der Waals surface area contributed by atoms with Crippen LogP contribution in [0.5, 0.6) is 0 Å². The van der Waals surface area contributed by atoms with Crippen molar-refractivity contribution in [1.82, 2.24) is 14.7 Å². The number of amides is 1. The number of aromatic nitrogens is 2. The van der Waals surface area contributed by atoms with Crippen molar-refractivity contribution < 1.29 is 9.53 Å². The summed E-state index contributed by atoms with van der Waals surface area (Å²) < 4.78 is 7.74. The van der Waals surface area contributed by atoms with E-state index in [4.69, 9.17) is 10.5 Å². The topological polar surface area (TPSA) is 73.4 Å². The number of carbonyl (C=O) groups excluding carboxylic acids is 1. The standard InChI is InChI=1S/C19H26N4O2/c1-14(17(20)15-7-5-4-6-8-15)18(24)23-9-10-25-19(2,13-23)16-11-21-22(3)12-16/h4-8,11-12,14,17H,9-10,13,20H2,1-3H3/t14-,17+,19-/m0/s1. The molecule has 25 heavy (non-hydrogen) atoms. The summed E-state index contributed by atoms with van der Waals surface area (Å²) in [4.78, 5) is 14.9. The quantitative estimate of drug-likeness (QED) is 0.920. The van der Waals surface area contributed by atoms with E-state index < -0.39 is 5.60 Å². The summed E-state index contributed by atoms with van der Waals surface area (Å²) >= 11 is 0. The summed E-state index contributed by atoms with van der Waals surface area (Å²) in [5.74, 6) is -0.228. The van der Waals surface area contributed by atoms with Gasteiger partial charge in [0, 0.05) is 31.4 Å².